The van der Waals surface area contributed by atoms with Gasteiger partial charge in [-0.2, -0.15) is 0 Å². The molecular formula is C14H17NO2. The van der Waals surface area contributed by atoms with Gasteiger partial charge in [-0.25, -0.2) is 0 Å². The summed E-state index contributed by atoms with van der Waals surface area (Å²) in [4.78, 5) is 14.3. The van der Waals surface area contributed by atoms with Crippen molar-refractivity contribution in [2.75, 3.05) is 6.54 Å². The SMILES string of the molecule is Cc1ccc(C(=O)N2CC3CCC2C3)c(O)c1. The molecule has 3 rings (SSSR count). The molecule has 2 fully saturated rings. The van der Waals surface area contributed by atoms with E-state index in [0.717, 1.165) is 24.9 Å². The van der Waals surface area contributed by atoms with E-state index >= 15 is 0 Å². The standard InChI is InChI=1S/C14H17NO2/c1-9-2-5-12(13(16)6-9)14(17)15-8-10-3-4-11(15)7-10/h2,5-6,10-11,16H,3-4,7-8H2,1H3. The Bertz CT molecular complexity index is 469. The first-order valence-electron chi connectivity index (χ1n) is 6.26. The summed E-state index contributed by atoms with van der Waals surface area (Å²) in [6.45, 7) is 2.78. The number of phenols is 1. The molecule has 3 nitrogen and oxygen atoms in total. The molecule has 3 heteroatoms. The van der Waals surface area contributed by atoms with Gasteiger partial charge in [0.25, 0.3) is 5.91 Å². The van der Waals surface area contributed by atoms with Crippen molar-refractivity contribution in [1.82, 2.24) is 4.90 Å². The summed E-state index contributed by atoms with van der Waals surface area (Å²) in [6, 6.07) is 5.68. The van der Waals surface area contributed by atoms with Gasteiger partial charge in [-0.15, -0.1) is 0 Å². The number of nitrogens with zero attached hydrogens (tertiary/aromatic N) is 1. The number of carbonyl (C=O) groups is 1. The summed E-state index contributed by atoms with van der Waals surface area (Å²) >= 11 is 0. The molecule has 2 atom stereocenters. The molecule has 2 bridgehead atoms. The Morgan fingerprint density at radius 2 is 2.24 bits per heavy atom. The molecule has 1 heterocycles. The molecule has 1 N–H and O–H groups in total. The van der Waals surface area contributed by atoms with E-state index in [0.29, 0.717) is 17.5 Å². The quantitative estimate of drug-likeness (QED) is 0.805. The second-order valence-corrected chi connectivity index (χ2v) is 5.31. The largest absolute Gasteiger partial charge is 0.507 e. The maximum atomic E-state index is 12.3. The maximum Gasteiger partial charge on any atom is 0.257 e. The predicted octanol–water partition coefficient (Wildman–Crippen LogP) is 2.33. The van der Waals surface area contributed by atoms with Crippen LogP contribution in [0, 0.1) is 12.8 Å². The van der Waals surface area contributed by atoms with Gasteiger partial charge in [0.1, 0.15) is 5.75 Å². The maximum absolute atomic E-state index is 12.3. The molecule has 90 valence electrons. The number of likely N-dealkylation sites (tertiary alicyclic amines) is 1. The van der Waals surface area contributed by atoms with Gasteiger partial charge in [0.2, 0.25) is 0 Å². The zero-order valence-electron chi connectivity index (χ0n) is 10.0. The third-order valence-electron chi connectivity index (χ3n) is 4.05. The van der Waals surface area contributed by atoms with Gasteiger partial charge in [-0.1, -0.05) is 6.07 Å². The van der Waals surface area contributed by atoms with Crippen molar-refractivity contribution in [1.29, 1.82) is 0 Å². The normalized spacial score (nSPS) is 26.5. The fourth-order valence-electron chi connectivity index (χ4n) is 3.15. The highest BCUT2D eigenvalue weighted by Gasteiger charge is 2.40. The number of piperidine rings is 1. The zero-order valence-corrected chi connectivity index (χ0v) is 10.0. The summed E-state index contributed by atoms with van der Waals surface area (Å²) in [7, 11) is 0. The van der Waals surface area contributed by atoms with Gasteiger partial charge in [0, 0.05) is 12.6 Å². The van der Waals surface area contributed by atoms with Crippen molar-refractivity contribution in [3.63, 3.8) is 0 Å². The lowest BCUT2D eigenvalue weighted by Crippen LogP contribution is -2.37. The van der Waals surface area contributed by atoms with E-state index in [1.807, 2.05) is 17.9 Å². The molecule has 1 saturated carbocycles. The van der Waals surface area contributed by atoms with Crippen LogP contribution < -0.4 is 0 Å². The van der Waals surface area contributed by atoms with E-state index < -0.39 is 0 Å². The van der Waals surface area contributed by atoms with Crippen LogP contribution in [0.5, 0.6) is 5.75 Å². The van der Waals surface area contributed by atoms with Crippen molar-refractivity contribution in [3.8, 4) is 5.75 Å². The van der Waals surface area contributed by atoms with E-state index in [4.69, 9.17) is 0 Å². The topological polar surface area (TPSA) is 40.5 Å². The second kappa shape index (κ2) is 3.76. The number of carbonyl (C=O) groups excluding carboxylic acids is 1. The highest BCUT2D eigenvalue weighted by Crippen LogP contribution is 2.38. The molecular weight excluding hydrogens is 214 g/mol. The van der Waals surface area contributed by atoms with Crippen LogP contribution in [0.15, 0.2) is 18.2 Å². The minimum Gasteiger partial charge on any atom is -0.507 e. The van der Waals surface area contributed by atoms with Crippen LogP contribution in [0.3, 0.4) is 0 Å². The number of amides is 1. The van der Waals surface area contributed by atoms with Crippen LogP contribution >= 0.6 is 0 Å². The molecule has 2 aliphatic rings. The Morgan fingerprint density at radius 3 is 2.82 bits per heavy atom. The first-order valence-corrected chi connectivity index (χ1v) is 6.26. The Morgan fingerprint density at radius 1 is 1.41 bits per heavy atom. The first-order chi connectivity index (χ1) is 8.15. The van der Waals surface area contributed by atoms with E-state index in [2.05, 4.69) is 0 Å². The summed E-state index contributed by atoms with van der Waals surface area (Å²) in [6.07, 6.45) is 3.54. The first kappa shape index (κ1) is 10.6. The molecule has 0 aromatic heterocycles. The van der Waals surface area contributed by atoms with Crippen LogP contribution in [0.4, 0.5) is 0 Å². The summed E-state index contributed by atoms with van der Waals surface area (Å²) in [5.74, 6) is 0.795. The second-order valence-electron chi connectivity index (χ2n) is 5.31. The summed E-state index contributed by atoms with van der Waals surface area (Å²) in [5.41, 5.74) is 1.42. The van der Waals surface area contributed by atoms with Gasteiger partial charge in [0.05, 0.1) is 5.56 Å². The van der Waals surface area contributed by atoms with Crippen LogP contribution in [0.2, 0.25) is 0 Å². The minimum absolute atomic E-state index is 0.00491. The predicted molar refractivity (Wildman–Crippen MR) is 65.0 cm³/mol. The molecule has 2 unspecified atom stereocenters. The lowest BCUT2D eigenvalue weighted by Gasteiger charge is -2.27. The molecule has 1 saturated heterocycles. The molecule has 1 aromatic carbocycles. The molecule has 1 aliphatic carbocycles. The highest BCUT2D eigenvalue weighted by atomic mass is 16.3. The third kappa shape index (κ3) is 1.70. The number of phenolic OH excluding ortho intramolecular Hbond substituents is 1. The molecule has 1 aliphatic heterocycles. The van der Waals surface area contributed by atoms with Crippen LogP contribution in [0.1, 0.15) is 35.2 Å². The number of hydrogen-bond donors (Lipinski definition) is 1. The van der Waals surface area contributed by atoms with E-state index in [1.54, 1.807) is 12.1 Å². The van der Waals surface area contributed by atoms with Crippen molar-refractivity contribution in [2.45, 2.75) is 32.2 Å². The Balaban J connectivity index is 1.87. The molecule has 0 spiro atoms. The van der Waals surface area contributed by atoms with Gasteiger partial charge >= 0.3 is 0 Å². The number of aryl methyl sites for hydroxylation is 1. The van der Waals surface area contributed by atoms with Crippen molar-refractivity contribution < 1.29 is 9.90 Å². The van der Waals surface area contributed by atoms with E-state index in [9.17, 15) is 9.90 Å². The average Bonchev–Trinajstić information content (AvgIpc) is 2.89. The van der Waals surface area contributed by atoms with Gasteiger partial charge in [-0.3, -0.25) is 4.79 Å². The van der Waals surface area contributed by atoms with Gasteiger partial charge in [0.15, 0.2) is 0 Å². The Kier molecular flexibility index (Phi) is 2.35. The lowest BCUT2D eigenvalue weighted by molar-refractivity contribution is 0.0700. The third-order valence-corrected chi connectivity index (χ3v) is 4.05. The molecule has 1 aromatic rings. The fourth-order valence-corrected chi connectivity index (χ4v) is 3.15. The summed E-state index contributed by atoms with van der Waals surface area (Å²) in [5, 5.41) is 9.84. The van der Waals surface area contributed by atoms with Crippen molar-refractivity contribution >= 4 is 5.91 Å². The van der Waals surface area contributed by atoms with Gasteiger partial charge in [-0.05, 0) is 49.8 Å². The Labute approximate surface area is 101 Å². The molecule has 1 amide bonds. The highest BCUT2D eigenvalue weighted by molar-refractivity contribution is 5.97. The number of fused-ring (bicyclic) bond motifs is 2. The van der Waals surface area contributed by atoms with Gasteiger partial charge < -0.3 is 10.0 Å². The average molecular weight is 231 g/mol. The smallest absolute Gasteiger partial charge is 0.257 e. The number of benzene rings is 1. The number of rotatable bonds is 1. The van der Waals surface area contributed by atoms with Crippen LogP contribution in [-0.4, -0.2) is 28.5 Å². The Hall–Kier alpha value is -1.51. The molecule has 17 heavy (non-hydrogen) atoms. The number of hydrogen-bond acceptors (Lipinski definition) is 2. The number of aromatic hydroxyl groups is 1. The van der Waals surface area contributed by atoms with Crippen molar-refractivity contribution in [2.24, 2.45) is 5.92 Å². The van der Waals surface area contributed by atoms with E-state index in [-0.39, 0.29) is 11.7 Å². The van der Waals surface area contributed by atoms with E-state index in [1.165, 1.54) is 6.42 Å². The fraction of sp³-hybridized carbons (Fsp3) is 0.500. The lowest BCUT2D eigenvalue weighted by atomic mass is 10.1. The van der Waals surface area contributed by atoms with Crippen LogP contribution in [0.25, 0.3) is 0 Å². The zero-order chi connectivity index (χ0) is 12.0. The van der Waals surface area contributed by atoms with Crippen LogP contribution in [-0.2, 0) is 0 Å². The minimum atomic E-state index is -0.00491. The molecule has 0 radical (unpaired) electrons. The van der Waals surface area contributed by atoms with Crippen molar-refractivity contribution in [3.05, 3.63) is 29.3 Å². The monoisotopic (exact) mass is 231 g/mol. The summed E-state index contributed by atoms with van der Waals surface area (Å²) < 4.78 is 0.